The predicted octanol–water partition coefficient (Wildman–Crippen LogP) is 2.10. The van der Waals surface area contributed by atoms with Gasteiger partial charge in [-0.1, -0.05) is 13.8 Å². The van der Waals surface area contributed by atoms with Crippen LogP contribution in [0.4, 0.5) is 0 Å². The average molecular weight is 382 g/mol. The summed E-state index contributed by atoms with van der Waals surface area (Å²) in [6, 6.07) is 2.34. The molecule has 1 aromatic rings. The summed E-state index contributed by atoms with van der Waals surface area (Å²) in [7, 11) is 4.22. The van der Waals surface area contributed by atoms with Crippen LogP contribution in [0.15, 0.2) is 11.4 Å². The first-order valence-electron chi connectivity index (χ1n) is 9.73. The van der Waals surface area contributed by atoms with Crippen molar-refractivity contribution in [3.63, 3.8) is 0 Å². The van der Waals surface area contributed by atoms with Gasteiger partial charge in [-0.3, -0.25) is 9.80 Å². The zero-order valence-corrected chi connectivity index (χ0v) is 17.6. The van der Waals surface area contributed by atoms with Crippen molar-refractivity contribution >= 4 is 11.3 Å². The second-order valence-electron chi connectivity index (χ2n) is 8.92. The van der Waals surface area contributed by atoms with E-state index in [1.165, 1.54) is 10.4 Å². The third-order valence-corrected chi connectivity index (χ3v) is 6.87. The fraction of sp³-hybridized carbons (Fsp3) is 0.800. The van der Waals surface area contributed by atoms with Crippen LogP contribution in [0.5, 0.6) is 0 Å². The van der Waals surface area contributed by atoms with Crippen molar-refractivity contribution < 1.29 is 9.84 Å². The number of morpholine rings is 1. The van der Waals surface area contributed by atoms with Crippen molar-refractivity contribution in [2.45, 2.75) is 39.0 Å². The number of ether oxygens (including phenoxy) is 1. The van der Waals surface area contributed by atoms with Crippen LogP contribution in [0.25, 0.3) is 0 Å². The summed E-state index contributed by atoms with van der Waals surface area (Å²) in [5, 5.41) is 13.7. The standard InChI is InChI=1S/C20H35N3O2S/c1-19(2)15-23(13-18-11-17(14-26-18)12-21(3)4)6-5-20(19,24)16-22-7-9-25-10-8-22/h11,14,24H,5-10,12-13,15-16H2,1-4H3/t20-/m1/s1. The molecule has 0 saturated carbocycles. The smallest absolute Gasteiger partial charge is 0.0849 e. The second-order valence-corrected chi connectivity index (χ2v) is 9.92. The van der Waals surface area contributed by atoms with Crippen LogP contribution >= 0.6 is 11.3 Å². The van der Waals surface area contributed by atoms with Crippen LogP contribution in [0.3, 0.4) is 0 Å². The summed E-state index contributed by atoms with van der Waals surface area (Å²) in [5.41, 5.74) is 0.662. The van der Waals surface area contributed by atoms with Crippen molar-refractivity contribution in [3.05, 3.63) is 21.9 Å². The van der Waals surface area contributed by atoms with E-state index in [4.69, 9.17) is 4.74 Å². The molecular formula is C20H35N3O2S. The Balaban J connectivity index is 1.58. The molecule has 3 heterocycles. The molecular weight excluding hydrogens is 346 g/mol. The first kappa shape index (κ1) is 20.2. The van der Waals surface area contributed by atoms with Crippen molar-refractivity contribution in [3.8, 4) is 0 Å². The number of likely N-dealkylation sites (tertiary alicyclic amines) is 1. The van der Waals surface area contributed by atoms with Gasteiger partial charge in [0.05, 0.1) is 18.8 Å². The maximum Gasteiger partial charge on any atom is 0.0849 e. The van der Waals surface area contributed by atoms with Gasteiger partial charge in [0.2, 0.25) is 0 Å². The first-order valence-corrected chi connectivity index (χ1v) is 10.6. The Bertz CT molecular complexity index is 583. The van der Waals surface area contributed by atoms with Crippen molar-refractivity contribution in [2.24, 2.45) is 5.41 Å². The summed E-state index contributed by atoms with van der Waals surface area (Å²) in [6.07, 6.45) is 0.841. The first-order chi connectivity index (χ1) is 12.3. The molecule has 0 amide bonds. The molecule has 1 N–H and O–H groups in total. The van der Waals surface area contributed by atoms with E-state index >= 15 is 0 Å². The van der Waals surface area contributed by atoms with E-state index in [1.807, 2.05) is 11.3 Å². The quantitative estimate of drug-likeness (QED) is 0.817. The molecule has 0 radical (unpaired) electrons. The van der Waals surface area contributed by atoms with Crippen LogP contribution in [-0.2, 0) is 17.8 Å². The maximum absolute atomic E-state index is 11.4. The molecule has 0 aromatic carbocycles. The molecule has 1 aromatic heterocycles. The Hall–Kier alpha value is -0.500. The SMILES string of the molecule is CN(C)Cc1csc(CN2CC[C@@](O)(CN3CCOCC3)C(C)(C)C2)c1. The lowest BCUT2D eigenvalue weighted by atomic mass is 9.69. The number of aliphatic hydroxyl groups is 1. The number of thiophene rings is 1. The van der Waals surface area contributed by atoms with Gasteiger partial charge in [-0.05, 0) is 37.5 Å². The molecule has 26 heavy (non-hydrogen) atoms. The summed E-state index contributed by atoms with van der Waals surface area (Å²) >= 11 is 1.86. The Morgan fingerprint density at radius 1 is 1.19 bits per heavy atom. The van der Waals surface area contributed by atoms with Gasteiger partial charge < -0.3 is 14.7 Å². The van der Waals surface area contributed by atoms with Gasteiger partial charge in [0.25, 0.3) is 0 Å². The zero-order valence-electron chi connectivity index (χ0n) is 16.8. The number of piperidine rings is 1. The molecule has 1 atom stereocenters. The lowest BCUT2D eigenvalue weighted by Crippen LogP contribution is -2.62. The number of β-amino-alcohol motifs (C(OH)–C–C–N with tert-alkyl or cyclic N) is 1. The van der Waals surface area contributed by atoms with E-state index in [0.717, 1.165) is 65.4 Å². The molecule has 5 nitrogen and oxygen atoms in total. The van der Waals surface area contributed by atoms with E-state index in [-0.39, 0.29) is 5.41 Å². The van der Waals surface area contributed by atoms with Crippen molar-refractivity contribution in [2.75, 3.05) is 60.0 Å². The minimum Gasteiger partial charge on any atom is -0.388 e. The lowest BCUT2D eigenvalue weighted by Gasteiger charge is -2.52. The minimum atomic E-state index is -0.619. The third-order valence-electron chi connectivity index (χ3n) is 5.90. The highest BCUT2D eigenvalue weighted by Crippen LogP contribution is 2.40. The van der Waals surface area contributed by atoms with Gasteiger partial charge in [0.1, 0.15) is 0 Å². The van der Waals surface area contributed by atoms with E-state index in [9.17, 15) is 5.11 Å². The van der Waals surface area contributed by atoms with E-state index in [2.05, 4.69) is 54.1 Å². The Labute approximate surface area is 162 Å². The maximum atomic E-state index is 11.4. The number of hydrogen-bond acceptors (Lipinski definition) is 6. The highest BCUT2D eigenvalue weighted by molar-refractivity contribution is 7.10. The van der Waals surface area contributed by atoms with Crippen LogP contribution in [0.2, 0.25) is 0 Å². The molecule has 0 bridgehead atoms. The van der Waals surface area contributed by atoms with Crippen molar-refractivity contribution in [1.29, 1.82) is 0 Å². The Morgan fingerprint density at radius 3 is 2.58 bits per heavy atom. The van der Waals surface area contributed by atoms with Crippen molar-refractivity contribution in [1.82, 2.24) is 14.7 Å². The van der Waals surface area contributed by atoms with Gasteiger partial charge in [-0.2, -0.15) is 0 Å². The van der Waals surface area contributed by atoms with Crippen LogP contribution < -0.4 is 0 Å². The molecule has 0 unspecified atom stereocenters. The van der Waals surface area contributed by atoms with Gasteiger partial charge in [-0.25, -0.2) is 0 Å². The Kier molecular flexibility index (Phi) is 6.42. The molecule has 3 rings (SSSR count). The van der Waals surface area contributed by atoms with Gasteiger partial charge in [0, 0.05) is 56.1 Å². The highest BCUT2D eigenvalue weighted by Gasteiger charge is 2.48. The van der Waals surface area contributed by atoms with E-state index in [1.54, 1.807) is 0 Å². The molecule has 0 aliphatic carbocycles. The molecule has 2 fully saturated rings. The summed E-state index contributed by atoms with van der Waals surface area (Å²) < 4.78 is 5.45. The number of nitrogens with zero attached hydrogens (tertiary/aromatic N) is 3. The van der Waals surface area contributed by atoms with Crippen LogP contribution in [0.1, 0.15) is 30.7 Å². The molecule has 2 aliphatic heterocycles. The molecule has 6 heteroatoms. The van der Waals surface area contributed by atoms with Gasteiger partial charge in [-0.15, -0.1) is 11.3 Å². The van der Waals surface area contributed by atoms with Gasteiger partial charge in [0.15, 0.2) is 0 Å². The van der Waals surface area contributed by atoms with E-state index < -0.39 is 5.60 Å². The summed E-state index contributed by atoms with van der Waals surface area (Å²) in [4.78, 5) is 8.52. The molecule has 0 spiro atoms. The lowest BCUT2D eigenvalue weighted by molar-refractivity contribution is -0.140. The molecule has 148 valence electrons. The van der Waals surface area contributed by atoms with Gasteiger partial charge >= 0.3 is 0 Å². The number of rotatable bonds is 6. The minimum absolute atomic E-state index is 0.118. The largest absolute Gasteiger partial charge is 0.388 e. The fourth-order valence-electron chi connectivity index (χ4n) is 4.20. The van der Waals surface area contributed by atoms with Crippen LogP contribution in [-0.4, -0.2) is 85.4 Å². The van der Waals surface area contributed by atoms with E-state index in [0.29, 0.717) is 0 Å². The third kappa shape index (κ3) is 4.86. The fourth-order valence-corrected chi connectivity index (χ4v) is 5.12. The second kappa shape index (κ2) is 8.25. The Morgan fingerprint density at radius 2 is 1.92 bits per heavy atom. The normalized spacial score (nSPS) is 27.9. The highest BCUT2D eigenvalue weighted by atomic mass is 32.1. The molecule has 2 saturated heterocycles. The van der Waals surface area contributed by atoms with Crippen LogP contribution in [0, 0.1) is 5.41 Å². The predicted molar refractivity (Wildman–Crippen MR) is 108 cm³/mol. The summed E-state index contributed by atoms with van der Waals surface area (Å²) in [6.45, 7) is 12.6. The monoisotopic (exact) mass is 381 g/mol. The topological polar surface area (TPSA) is 39.2 Å². The average Bonchev–Trinajstić information content (AvgIpc) is 2.98. The zero-order chi connectivity index (χ0) is 18.8. The summed E-state index contributed by atoms with van der Waals surface area (Å²) in [5.74, 6) is 0. The number of hydrogen-bond donors (Lipinski definition) is 1. The molecule has 2 aliphatic rings.